The van der Waals surface area contributed by atoms with E-state index in [-0.39, 0.29) is 41.3 Å². The molecule has 19 nitrogen and oxygen atoms in total. The molecule has 0 N–H and O–H groups in total. The van der Waals surface area contributed by atoms with Gasteiger partial charge in [0.05, 0.1) is 37.4 Å². The zero-order valence-corrected chi connectivity index (χ0v) is 45.9. The van der Waals surface area contributed by atoms with E-state index in [1.165, 1.54) is 14.0 Å². The summed E-state index contributed by atoms with van der Waals surface area (Å²) in [6.07, 6.45) is 3.10. The second-order valence-corrected chi connectivity index (χ2v) is 22.2. The van der Waals surface area contributed by atoms with Crippen LogP contribution in [0.4, 0.5) is 0 Å². The SMILES string of the molecule is COC(=O)/C(C)=C\CC12OC(C)(C)C3CC(C1=O)C(N1CCOCC1)C1C(=O)c4c(O[C@@H]5O[C@H](COC(C)=O)[C@@H](OC(C)=O)[C@@H](OC(C)=O)[C@H]5OC(C)=O)c5c(c(CC=C(C)C)c4OC132)OC(C)(CCC=C(C)C)C=C5. The van der Waals surface area contributed by atoms with E-state index in [0.717, 1.165) is 31.9 Å². The van der Waals surface area contributed by atoms with Crippen molar-refractivity contribution in [2.24, 2.45) is 17.8 Å². The molecule has 12 atom stereocenters. The summed E-state index contributed by atoms with van der Waals surface area (Å²) in [5, 5.41) is 0. The molecular formula is C57H73NO18. The van der Waals surface area contributed by atoms with E-state index in [0.29, 0.717) is 62.4 Å². The first kappa shape index (κ1) is 56.3. The molecule has 1 aromatic carbocycles. The minimum atomic E-state index is -1.80. The molecular weight excluding hydrogens is 987 g/mol. The second kappa shape index (κ2) is 21.5. The van der Waals surface area contributed by atoms with Crippen LogP contribution in [0.1, 0.15) is 130 Å². The summed E-state index contributed by atoms with van der Waals surface area (Å²) in [6, 6.07) is -0.717. The van der Waals surface area contributed by atoms with Gasteiger partial charge in [0.25, 0.3) is 0 Å². The summed E-state index contributed by atoms with van der Waals surface area (Å²) in [5.41, 5.74) is -2.40. The quantitative estimate of drug-likeness (QED) is 0.0748. The maximum Gasteiger partial charge on any atom is 0.333 e. The van der Waals surface area contributed by atoms with Gasteiger partial charge in [-0.15, -0.1) is 0 Å². The van der Waals surface area contributed by atoms with Crippen LogP contribution in [0, 0.1) is 17.8 Å². The van der Waals surface area contributed by atoms with Crippen LogP contribution in [0.25, 0.3) is 6.08 Å². The lowest BCUT2D eigenvalue weighted by Crippen LogP contribution is -2.82. The van der Waals surface area contributed by atoms with Gasteiger partial charge in [0, 0.05) is 76.2 Å². The summed E-state index contributed by atoms with van der Waals surface area (Å²) < 4.78 is 69.6. The molecule has 1 spiro atoms. The lowest BCUT2D eigenvalue weighted by atomic mass is 9.44. The third-order valence-electron chi connectivity index (χ3n) is 15.9. The fourth-order valence-electron chi connectivity index (χ4n) is 12.8. The Morgan fingerprint density at radius 1 is 0.789 bits per heavy atom. The van der Waals surface area contributed by atoms with E-state index in [1.54, 1.807) is 13.0 Å². The van der Waals surface area contributed by atoms with Crippen LogP contribution >= 0.6 is 0 Å². The van der Waals surface area contributed by atoms with Crippen LogP contribution in [0.2, 0.25) is 0 Å². The number of benzene rings is 1. The highest BCUT2D eigenvalue weighted by Gasteiger charge is 2.86. The molecule has 7 unspecified atom stereocenters. The van der Waals surface area contributed by atoms with Crippen LogP contribution in [0.3, 0.4) is 0 Å². The highest BCUT2D eigenvalue weighted by atomic mass is 16.7. The molecule has 9 rings (SSSR count). The summed E-state index contributed by atoms with van der Waals surface area (Å²) in [5.74, 6) is -6.62. The monoisotopic (exact) mass is 1060 g/mol. The average molecular weight is 1060 g/mol. The van der Waals surface area contributed by atoms with Gasteiger partial charge in [0.2, 0.25) is 12.4 Å². The van der Waals surface area contributed by atoms with E-state index in [9.17, 15) is 24.0 Å². The Balaban J connectivity index is 1.44. The van der Waals surface area contributed by atoms with Gasteiger partial charge in [-0.05, 0) is 93.2 Å². The molecule has 0 amide bonds. The largest absolute Gasteiger partial charge is 0.482 e. The maximum absolute atomic E-state index is 16.9. The first-order valence-corrected chi connectivity index (χ1v) is 26.2. The number of rotatable bonds is 16. The summed E-state index contributed by atoms with van der Waals surface area (Å²) in [7, 11) is 1.28. The van der Waals surface area contributed by atoms with Gasteiger partial charge in [0.1, 0.15) is 41.1 Å². The van der Waals surface area contributed by atoms with Gasteiger partial charge in [-0.25, -0.2) is 4.79 Å². The lowest BCUT2D eigenvalue weighted by Gasteiger charge is -2.64. The topological polar surface area (TPSA) is 224 Å². The van der Waals surface area contributed by atoms with Gasteiger partial charge in [-0.2, -0.15) is 0 Å². The highest BCUT2D eigenvalue weighted by Crippen LogP contribution is 2.71. The predicted octanol–water partition coefficient (Wildman–Crippen LogP) is 6.47. The first-order valence-electron chi connectivity index (χ1n) is 26.2. The third kappa shape index (κ3) is 10.1. The molecule has 414 valence electrons. The number of morpholine rings is 1. The Bertz CT molecular complexity index is 2670. The Labute approximate surface area is 443 Å². The van der Waals surface area contributed by atoms with E-state index in [1.807, 2.05) is 66.7 Å². The number of hydrogen-bond donors (Lipinski definition) is 0. The van der Waals surface area contributed by atoms with E-state index in [4.69, 9.17) is 52.1 Å². The van der Waals surface area contributed by atoms with Crippen LogP contribution in [-0.4, -0.2) is 145 Å². The number of carbonyl (C=O) groups excluding carboxylic acids is 7. The van der Waals surface area contributed by atoms with Crippen molar-refractivity contribution in [3.8, 4) is 17.2 Å². The summed E-state index contributed by atoms with van der Waals surface area (Å²) in [4.78, 5) is 99.1. The number of nitrogens with zero attached hydrogens (tertiary/aromatic N) is 1. The van der Waals surface area contributed by atoms with E-state index in [2.05, 4.69) is 11.0 Å². The Morgan fingerprint density at radius 3 is 2.05 bits per heavy atom. The van der Waals surface area contributed by atoms with Gasteiger partial charge in [-0.3, -0.25) is 33.7 Å². The van der Waals surface area contributed by atoms with E-state index < -0.39 is 119 Å². The zero-order valence-electron chi connectivity index (χ0n) is 45.9. The molecule has 5 heterocycles. The second-order valence-electron chi connectivity index (χ2n) is 22.2. The van der Waals surface area contributed by atoms with Crippen LogP contribution in [-0.2, 0) is 73.1 Å². The normalized spacial score (nSPS) is 32.8. The molecule has 3 aliphatic carbocycles. The molecule has 8 aliphatic rings. The minimum Gasteiger partial charge on any atom is -0.482 e. The van der Waals surface area contributed by atoms with Crippen molar-refractivity contribution in [1.82, 2.24) is 4.90 Å². The number of carbonyl (C=O) groups is 7. The summed E-state index contributed by atoms with van der Waals surface area (Å²) in [6.45, 7) is 20.8. The Hall–Kier alpha value is -5.89. The van der Waals surface area contributed by atoms with Crippen molar-refractivity contribution in [3.63, 3.8) is 0 Å². The van der Waals surface area contributed by atoms with Gasteiger partial charge in [0.15, 0.2) is 35.0 Å². The van der Waals surface area contributed by atoms with Gasteiger partial charge < -0.3 is 52.1 Å². The standard InChI is InChI=1S/C57H73NO18/c1-29(2)15-14-20-55(12)21-19-37-45(74-55)36(17-16-30(3)4)47-41(46(37)73-53-50(71-35(9)62)49(70-34(8)61)48(69-33(7)60)39(72-53)28-68-32(6)59)44(63)42-43(58-23-25-67-26-24-58)38-27-40-54(10,11)76-56(51(38)64,57(40,42)75-47)22-18-31(5)52(65)66-13/h15-16,18-19,21,38-40,42-43,48-50,53H,14,17,20,22-28H2,1-13H3/b31-18-/t38?,39-,40?,42?,43?,48-,49-,50-,53+,55?,56?,57?/m1/s1. The number of fused-ring (bicyclic) bond motifs is 2. The van der Waals surface area contributed by atoms with Gasteiger partial charge >= 0.3 is 29.8 Å². The third-order valence-corrected chi connectivity index (χ3v) is 15.9. The predicted molar refractivity (Wildman–Crippen MR) is 271 cm³/mol. The van der Waals surface area contributed by atoms with Crippen molar-refractivity contribution in [3.05, 3.63) is 57.7 Å². The molecule has 3 saturated heterocycles. The Kier molecular flexibility index (Phi) is 15.9. The number of methoxy groups -OCH3 is 1. The molecule has 0 aromatic heterocycles. The number of ketones is 2. The van der Waals surface area contributed by atoms with E-state index >= 15 is 9.59 Å². The number of allylic oxidation sites excluding steroid dienone is 4. The van der Waals surface area contributed by atoms with Crippen molar-refractivity contribution >= 4 is 47.5 Å². The lowest BCUT2D eigenvalue weighted by molar-refractivity contribution is -0.288. The molecule has 5 aliphatic heterocycles. The van der Waals surface area contributed by atoms with Crippen molar-refractivity contribution < 1.29 is 85.7 Å². The molecule has 3 saturated carbocycles. The molecule has 6 fully saturated rings. The fraction of sp³-hybridized carbons (Fsp3) is 0.632. The summed E-state index contributed by atoms with van der Waals surface area (Å²) >= 11 is 0. The molecule has 1 aromatic rings. The number of hydrogen-bond acceptors (Lipinski definition) is 19. The first-order chi connectivity index (χ1) is 35.8. The van der Waals surface area contributed by atoms with Crippen LogP contribution in [0.15, 0.2) is 41.0 Å². The molecule has 4 bridgehead atoms. The van der Waals surface area contributed by atoms with Crippen molar-refractivity contribution in [2.45, 2.75) is 174 Å². The smallest absolute Gasteiger partial charge is 0.333 e. The molecule has 19 heteroatoms. The van der Waals surface area contributed by atoms with Crippen LogP contribution < -0.4 is 14.2 Å². The molecule has 76 heavy (non-hydrogen) atoms. The Morgan fingerprint density at radius 2 is 1.43 bits per heavy atom. The highest BCUT2D eigenvalue weighted by molar-refractivity contribution is 6.10. The maximum atomic E-state index is 16.9. The number of esters is 5. The minimum absolute atomic E-state index is 0.0207. The number of ether oxygens (including phenoxy) is 11. The fourth-order valence-corrected chi connectivity index (χ4v) is 12.8. The van der Waals surface area contributed by atoms with Crippen molar-refractivity contribution in [1.29, 1.82) is 0 Å². The van der Waals surface area contributed by atoms with Crippen molar-refractivity contribution in [2.75, 3.05) is 40.0 Å². The average Bonchev–Trinajstić information content (AvgIpc) is 3.68. The number of Topliss-reactive ketones (excluding diaryl/α,β-unsaturated/α-hetero) is 2. The van der Waals surface area contributed by atoms with Crippen LogP contribution in [0.5, 0.6) is 17.2 Å². The molecule has 0 radical (unpaired) electrons. The van der Waals surface area contributed by atoms with Gasteiger partial charge in [-0.1, -0.05) is 29.4 Å². The zero-order chi connectivity index (χ0) is 55.4.